The van der Waals surface area contributed by atoms with E-state index in [1.165, 1.54) is 85.9 Å². The fourth-order valence-electron chi connectivity index (χ4n) is 6.94. The predicted molar refractivity (Wildman–Crippen MR) is 188 cm³/mol. The monoisotopic (exact) mass is 562 g/mol. The summed E-state index contributed by atoms with van der Waals surface area (Å²) >= 11 is 1.87. The summed E-state index contributed by atoms with van der Waals surface area (Å²) in [7, 11) is 0. The summed E-state index contributed by atoms with van der Waals surface area (Å²) in [6.07, 6.45) is 0. The van der Waals surface area contributed by atoms with Crippen LogP contribution in [0.1, 0.15) is 0 Å². The highest BCUT2D eigenvalue weighted by atomic mass is 32.1. The minimum absolute atomic E-state index is 1.25. The van der Waals surface area contributed by atoms with Gasteiger partial charge in [-0.15, -0.1) is 11.3 Å². The Morgan fingerprint density at radius 2 is 0.837 bits per heavy atom. The van der Waals surface area contributed by atoms with Crippen LogP contribution in [0.15, 0.2) is 158 Å². The Kier molecular flexibility index (Phi) is 5.47. The average Bonchev–Trinajstić information content (AvgIpc) is 3.46. The summed E-state index contributed by atoms with van der Waals surface area (Å²) in [6.45, 7) is 0. The van der Waals surface area contributed by atoms with E-state index < -0.39 is 0 Å². The van der Waals surface area contributed by atoms with Crippen molar-refractivity contribution in [1.29, 1.82) is 0 Å². The van der Waals surface area contributed by atoms with Crippen LogP contribution in [0.25, 0.3) is 85.9 Å². The molecule has 0 amide bonds. The summed E-state index contributed by atoms with van der Waals surface area (Å²) in [4.78, 5) is 0. The Morgan fingerprint density at radius 3 is 1.51 bits per heavy atom. The van der Waals surface area contributed by atoms with E-state index in [1.807, 2.05) is 11.3 Å². The molecule has 0 radical (unpaired) electrons. The molecule has 8 aromatic carbocycles. The molecule has 0 N–H and O–H groups in total. The Bertz CT molecular complexity index is 2440. The molecule has 0 aliphatic heterocycles. The van der Waals surface area contributed by atoms with Crippen LogP contribution >= 0.6 is 11.3 Å². The molecule has 0 bridgehead atoms. The summed E-state index contributed by atoms with van der Waals surface area (Å²) in [5, 5.41) is 10.3. The molecule has 1 aromatic heterocycles. The topological polar surface area (TPSA) is 0 Å². The fraction of sp³-hybridized carbons (Fsp3) is 0. The molecular weight excluding hydrogens is 537 g/mol. The molecule has 9 rings (SSSR count). The molecule has 0 aliphatic carbocycles. The standard InChI is InChI=1S/C42H26S/c1-2-11-27(12-3-1)40-33-13-4-6-15-35(33)41(36-16-7-5-14-34(36)40)31-24-22-28-25-30(23-21-29(28)26-31)32-18-10-20-39-42(32)37-17-8-9-19-38(37)43-39/h1-26H. The van der Waals surface area contributed by atoms with Crippen molar-refractivity contribution in [2.24, 2.45) is 0 Å². The van der Waals surface area contributed by atoms with Gasteiger partial charge in [0, 0.05) is 20.2 Å². The second kappa shape index (κ2) is 9.66. The van der Waals surface area contributed by atoms with Gasteiger partial charge < -0.3 is 0 Å². The van der Waals surface area contributed by atoms with Crippen LogP contribution in [-0.4, -0.2) is 0 Å². The maximum atomic E-state index is 2.37. The molecule has 0 aliphatic rings. The van der Waals surface area contributed by atoms with E-state index in [2.05, 4.69) is 158 Å². The highest BCUT2D eigenvalue weighted by Gasteiger charge is 2.17. The van der Waals surface area contributed by atoms with Gasteiger partial charge in [-0.1, -0.05) is 133 Å². The van der Waals surface area contributed by atoms with Crippen molar-refractivity contribution in [1.82, 2.24) is 0 Å². The van der Waals surface area contributed by atoms with Gasteiger partial charge >= 0.3 is 0 Å². The zero-order chi connectivity index (χ0) is 28.3. The second-order valence-corrected chi connectivity index (χ2v) is 12.3. The maximum absolute atomic E-state index is 2.37. The third-order valence-corrected chi connectivity index (χ3v) is 9.97. The number of benzene rings is 8. The van der Waals surface area contributed by atoms with Gasteiger partial charge in [0.2, 0.25) is 0 Å². The molecule has 0 saturated carbocycles. The molecule has 9 aromatic rings. The Balaban J connectivity index is 1.25. The van der Waals surface area contributed by atoms with E-state index >= 15 is 0 Å². The lowest BCUT2D eigenvalue weighted by Crippen LogP contribution is -1.90. The van der Waals surface area contributed by atoms with Crippen molar-refractivity contribution in [3.05, 3.63) is 158 Å². The van der Waals surface area contributed by atoms with Crippen LogP contribution < -0.4 is 0 Å². The van der Waals surface area contributed by atoms with E-state index in [0.717, 1.165) is 0 Å². The van der Waals surface area contributed by atoms with Gasteiger partial charge in [-0.3, -0.25) is 0 Å². The lowest BCUT2D eigenvalue weighted by atomic mass is 9.85. The number of rotatable bonds is 3. The van der Waals surface area contributed by atoms with Gasteiger partial charge in [-0.05, 0) is 90.0 Å². The van der Waals surface area contributed by atoms with E-state index in [9.17, 15) is 0 Å². The first-order valence-electron chi connectivity index (χ1n) is 14.8. The third kappa shape index (κ3) is 3.82. The summed E-state index contributed by atoms with van der Waals surface area (Å²) < 4.78 is 2.68. The van der Waals surface area contributed by atoms with Crippen LogP contribution in [-0.2, 0) is 0 Å². The van der Waals surface area contributed by atoms with E-state index in [4.69, 9.17) is 0 Å². The van der Waals surface area contributed by atoms with Crippen LogP contribution in [0.3, 0.4) is 0 Å². The highest BCUT2D eigenvalue weighted by molar-refractivity contribution is 7.25. The van der Waals surface area contributed by atoms with Gasteiger partial charge in [0.15, 0.2) is 0 Å². The first-order valence-corrected chi connectivity index (χ1v) is 15.6. The Hall–Kier alpha value is -5.24. The fourth-order valence-corrected chi connectivity index (χ4v) is 8.07. The van der Waals surface area contributed by atoms with Crippen molar-refractivity contribution in [3.63, 3.8) is 0 Å². The van der Waals surface area contributed by atoms with Crippen LogP contribution in [0.5, 0.6) is 0 Å². The minimum Gasteiger partial charge on any atom is -0.135 e. The molecule has 43 heavy (non-hydrogen) atoms. The van der Waals surface area contributed by atoms with Crippen molar-refractivity contribution in [2.75, 3.05) is 0 Å². The molecule has 0 fully saturated rings. The quantitative estimate of drug-likeness (QED) is 0.188. The molecule has 0 nitrogen and oxygen atoms in total. The Labute approximate surface area is 254 Å². The van der Waals surface area contributed by atoms with E-state index in [0.29, 0.717) is 0 Å². The van der Waals surface area contributed by atoms with Gasteiger partial charge in [-0.25, -0.2) is 0 Å². The lowest BCUT2D eigenvalue weighted by Gasteiger charge is -2.18. The largest absolute Gasteiger partial charge is 0.135 e. The molecule has 0 spiro atoms. The van der Waals surface area contributed by atoms with Crippen LogP contribution in [0.2, 0.25) is 0 Å². The van der Waals surface area contributed by atoms with Crippen molar-refractivity contribution >= 4 is 63.8 Å². The first kappa shape index (κ1) is 24.4. The van der Waals surface area contributed by atoms with Crippen LogP contribution in [0, 0.1) is 0 Å². The normalized spacial score (nSPS) is 11.7. The molecule has 0 saturated heterocycles. The molecule has 0 atom stereocenters. The molecule has 0 unspecified atom stereocenters. The van der Waals surface area contributed by atoms with Crippen molar-refractivity contribution in [2.45, 2.75) is 0 Å². The molecule has 1 heteroatoms. The first-order chi connectivity index (χ1) is 21.3. The van der Waals surface area contributed by atoms with Crippen molar-refractivity contribution < 1.29 is 0 Å². The number of fused-ring (bicyclic) bond motifs is 6. The number of thiophene rings is 1. The summed E-state index contributed by atoms with van der Waals surface area (Å²) in [5.74, 6) is 0. The molecule has 200 valence electrons. The van der Waals surface area contributed by atoms with Gasteiger partial charge in [0.05, 0.1) is 0 Å². The third-order valence-electron chi connectivity index (χ3n) is 8.84. The second-order valence-electron chi connectivity index (χ2n) is 11.3. The smallest absolute Gasteiger partial charge is 0.0361 e. The van der Waals surface area contributed by atoms with Crippen molar-refractivity contribution in [3.8, 4) is 33.4 Å². The number of hydrogen-bond donors (Lipinski definition) is 0. The highest BCUT2D eigenvalue weighted by Crippen LogP contribution is 2.45. The lowest BCUT2D eigenvalue weighted by molar-refractivity contribution is 1.66. The molecular formula is C42H26S. The van der Waals surface area contributed by atoms with E-state index in [-0.39, 0.29) is 0 Å². The average molecular weight is 563 g/mol. The maximum Gasteiger partial charge on any atom is 0.0361 e. The SMILES string of the molecule is c1ccc(-c2c3ccccc3c(-c3ccc4cc(-c5cccc6sc7ccccc7c56)ccc4c3)c3ccccc23)cc1. The van der Waals surface area contributed by atoms with Gasteiger partial charge in [0.1, 0.15) is 0 Å². The summed E-state index contributed by atoms with van der Waals surface area (Å²) in [6, 6.07) is 57.9. The molecule has 1 heterocycles. The van der Waals surface area contributed by atoms with Gasteiger partial charge in [0.25, 0.3) is 0 Å². The Morgan fingerprint density at radius 1 is 0.326 bits per heavy atom. The van der Waals surface area contributed by atoms with Gasteiger partial charge in [-0.2, -0.15) is 0 Å². The van der Waals surface area contributed by atoms with Crippen LogP contribution in [0.4, 0.5) is 0 Å². The number of hydrogen-bond acceptors (Lipinski definition) is 1. The zero-order valence-corrected chi connectivity index (χ0v) is 24.2. The minimum atomic E-state index is 1.25. The van der Waals surface area contributed by atoms with E-state index in [1.54, 1.807) is 0 Å². The summed E-state index contributed by atoms with van der Waals surface area (Å²) in [5.41, 5.74) is 7.66. The predicted octanol–water partition coefficient (Wildman–Crippen LogP) is 12.5. The zero-order valence-electron chi connectivity index (χ0n) is 23.4.